The van der Waals surface area contributed by atoms with E-state index in [9.17, 15) is 9.59 Å². The Morgan fingerprint density at radius 2 is 1.89 bits per heavy atom. The fourth-order valence-corrected chi connectivity index (χ4v) is 4.78. The summed E-state index contributed by atoms with van der Waals surface area (Å²) in [6.07, 6.45) is 12.4. The molecule has 2 amide bonds. The second kappa shape index (κ2) is 9.40. The van der Waals surface area contributed by atoms with Crippen molar-refractivity contribution in [1.82, 2.24) is 15.3 Å². The maximum absolute atomic E-state index is 12.8. The molecule has 0 atom stereocenters. The van der Waals surface area contributed by atoms with E-state index in [4.69, 9.17) is 18.0 Å². The molecule has 8 heteroatoms. The molecule has 2 heterocycles. The third kappa shape index (κ3) is 4.84. The summed E-state index contributed by atoms with van der Waals surface area (Å²) < 4.78 is 0. The van der Waals surface area contributed by atoms with E-state index in [2.05, 4.69) is 31.8 Å². The zero-order valence-electron chi connectivity index (χ0n) is 19.0. The summed E-state index contributed by atoms with van der Waals surface area (Å²) in [6.45, 7) is 0. The van der Waals surface area contributed by atoms with Gasteiger partial charge in [-0.1, -0.05) is 36.8 Å². The third-order valence-corrected chi connectivity index (χ3v) is 6.70. The molecule has 0 spiro atoms. The largest absolute Gasteiger partial charge is 0.336 e. The number of amides is 2. The molecule has 1 aromatic heterocycles. The van der Waals surface area contributed by atoms with E-state index in [-0.39, 0.29) is 18.2 Å². The van der Waals surface area contributed by atoms with Crippen molar-refractivity contribution >= 4 is 40.7 Å². The van der Waals surface area contributed by atoms with Gasteiger partial charge in [0.2, 0.25) is 11.9 Å². The molecule has 2 aliphatic rings. The van der Waals surface area contributed by atoms with Gasteiger partial charge in [-0.05, 0) is 55.3 Å². The number of hydrogen-bond acceptors (Lipinski definition) is 5. The van der Waals surface area contributed by atoms with Crippen molar-refractivity contribution in [2.75, 3.05) is 10.6 Å². The summed E-state index contributed by atoms with van der Waals surface area (Å²) in [5.41, 5.74) is 3.49. The van der Waals surface area contributed by atoms with Crippen LogP contribution in [0.1, 0.15) is 48.0 Å². The lowest BCUT2D eigenvalue weighted by atomic mass is 9.82. The first-order valence-electron chi connectivity index (χ1n) is 11.6. The van der Waals surface area contributed by atoms with E-state index in [1.54, 1.807) is 42.6 Å². The summed E-state index contributed by atoms with van der Waals surface area (Å²) >= 11 is 6.11. The van der Waals surface area contributed by atoms with Crippen molar-refractivity contribution in [3.63, 3.8) is 0 Å². The quantitative estimate of drug-likeness (QED) is 0.447. The van der Waals surface area contributed by atoms with E-state index in [0.29, 0.717) is 27.9 Å². The number of halogens is 1. The Balaban J connectivity index is 1.34. The van der Waals surface area contributed by atoms with Crippen molar-refractivity contribution in [2.45, 2.75) is 44.1 Å². The van der Waals surface area contributed by atoms with Crippen LogP contribution in [0, 0.1) is 12.3 Å². The third-order valence-electron chi connectivity index (χ3n) is 6.47. The second-order valence-corrected chi connectivity index (χ2v) is 9.36. The number of carbonyl (C=O) groups is 2. The maximum Gasteiger partial charge on any atom is 0.252 e. The fourth-order valence-electron chi connectivity index (χ4n) is 4.61. The molecule has 1 fully saturated rings. The van der Waals surface area contributed by atoms with E-state index in [0.717, 1.165) is 48.9 Å². The van der Waals surface area contributed by atoms with Crippen LogP contribution < -0.4 is 16.0 Å². The second-order valence-electron chi connectivity index (χ2n) is 8.93. The van der Waals surface area contributed by atoms with E-state index >= 15 is 0 Å². The Bertz CT molecular complexity index is 1340. The molecule has 1 saturated carbocycles. The first-order chi connectivity index (χ1) is 16.9. The van der Waals surface area contributed by atoms with Crippen LogP contribution in [0.5, 0.6) is 0 Å². The van der Waals surface area contributed by atoms with Crippen LogP contribution in [0.2, 0.25) is 5.02 Å². The summed E-state index contributed by atoms with van der Waals surface area (Å²) in [5.74, 6) is 2.87. The molecule has 2 aromatic carbocycles. The number of hydrogen-bond donors (Lipinski definition) is 3. The molecule has 7 nitrogen and oxygen atoms in total. The lowest BCUT2D eigenvalue weighted by Gasteiger charge is -2.33. The Labute approximate surface area is 208 Å². The van der Waals surface area contributed by atoms with Gasteiger partial charge in [0.05, 0.1) is 17.8 Å². The highest BCUT2D eigenvalue weighted by atomic mass is 35.5. The van der Waals surface area contributed by atoms with Gasteiger partial charge >= 0.3 is 0 Å². The van der Waals surface area contributed by atoms with Crippen LogP contribution >= 0.6 is 11.6 Å². The lowest BCUT2D eigenvalue weighted by Crippen LogP contribution is -2.48. The van der Waals surface area contributed by atoms with E-state index < -0.39 is 5.54 Å². The number of benzene rings is 2. The topological polar surface area (TPSA) is 96.0 Å². The van der Waals surface area contributed by atoms with Crippen LogP contribution in [-0.2, 0) is 11.2 Å². The van der Waals surface area contributed by atoms with Gasteiger partial charge < -0.3 is 16.0 Å². The number of carbonyl (C=O) groups excluding carboxylic acids is 2. The predicted molar refractivity (Wildman–Crippen MR) is 137 cm³/mol. The van der Waals surface area contributed by atoms with Crippen LogP contribution in [-0.4, -0.2) is 27.3 Å². The molecular formula is C27H24ClN5O2. The van der Waals surface area contributed by atoms with Gasteiger partial charge in [0.25, 0.3) is 5.91 Å². The molecule has 3 N–H and O–H groups in total. The van der Waals surface area contributed by atoms with E-state index in [1.165, 1.54) is 0 Å². The summed E-state index contributed by atoms with van der Waals surface area (Å²) in [5, 5.41) is 9.64. The smallest absolute Gasteiger partial charge is 0.252 e. The molecule has 0 bridgehead atoms. The van der Waals surface area contributed by atoms with Crippen molar-refractivity contribution in [2.24, 2.45) is 0 Å². The number of aromatic nitrogens is 2. The van der Waals surface area contributed by atoms with Crippen molar-refractivity contribution in [3.05, 3.63) is 64.8 Å². The van der Waals surface area contributed by atoms with Crippen LogP contribution in [0.3, 0.4) is 0 Å². The Hall–Kier alpha value is -3.89. The van der Waals surface area contributed by atoms with Gasteiger partial charge in [0.15, 0.2) is 0 Å². The standard InChI is InChI=1S/C27H24ClN5O2/c1-2-27(12-4-3-5-13-27)33-25(35)17-6-9-20(10-7-17)30-26-29-16-18-14-23(34)31-22-15-19(28)8-11-21(22)24(18)32-26/h1,6-11,15-16H,3-5,12-14H2,(H,31,34)(H,33,35)(H,29,30,32). The van der Waals surface area contributed by atoms with Gasteiger partial charge in [-0.3, -0.25) is 9.59 Å². The molecule has 5 rings (SSSR count). The monoisotopic (exact) mass is 485 g/mol. The average molecular weight is 486 g/mol. The molecule has 3 aromatic rings. The molecule has 0 radical (unpaired) electrons. The number of fused-ring (bicyclic) bond motifs is 3. The summed E-state index contributed by atoms with van der Waals surface area (Å²) in [4.78, 5) is 34.1. The van der Waals surface area contributed by atoms with Gasteiger partial charge in [-0.15, -0.1) is 6.42 Å². The van der Waals surface area contributed by atoms with Crippen LogP contribution in [0.15, 0.2) is 48.7 Å². The molecule has 0 saturated heterocycles. The lowest BCUT2D eigenvalue weighted by molar-refractivity contribution is -0.115. The first-order valence-corrected chi connectivity index (χ1v) is 12.0. The van der Waals surface area contributed by atoms with Crippen LogP contribution in [0.25, 0.3) is 11.3 Å². The maximum atomic E-state index is 12.8. The molecular weight excluding hydrogens is 462 g/mol. The molecule has 1 aliphatic carbocycles. The summed E-state index contributed by atoms with van der Waals surface area (Å²) in [7, 11) is 0. The van der Waals surface area contributed by atoms with Gasteiger partial charge in [0, 0.05) is 33.6 Å². The number of nitrogens with one attached hydrogen (secondary N) is 3. The van der Waals surface area contributed by atoms with Crippen molar-refractivity contribution in [3.8, 4) is 23.6 Å². The molecule has 35 heavy (non-hydrogen) atoms. The normalized spacial score (nSPS) is 16.1. The minimum atomic E-state index is -0.557. The Morgan fingerprint density at radius 1 is 1.11 bits per heavy atom. The highest BCUT2D eigenvalue weighted by molar-refractivity contribution is 6.31. The average Bonchev–Trinajstić information content (AvgIpc) is 2.99. The number of rotatable bonds is 4. The van der Waals surface area contributed by atoms with Gasteiger partial charge in [0.1, 0.15) is 5.54 Å². The zero-order chi connectivity index (χ0) is 24.4. The van der Waals surface area contributed by atoms with Crippen molar-refractivity contribution < 1.29 is 9.59 Å². The number of nitrogens with zero attached hydrogens (tertiary/aromatic N) is 2. The molecule has 1 aliphatic heterocycles. The van der Waals surface area contributed by atoms with Gasteiger partial charge in [-0.25, -0.2) is 9.97 Å². The SMILES string of the molecule is C#CC1(NC(=O)c2ccc(Nc3ncc4c(n3)-c3ccc(Cl)cc3NC(=O)C4)cc2)CCCCC1. The Morgan fingerprint density at radius 3 is 2.63 bits per heavy atom. The van der Waals surface area contributed by atoms with Gasteiger partial charge in [-0.2, -0.15) is 0 Å². The molecule has 176 valence electrons. The fraction of sp³-hybridized carbons (Fsp3) is 0.259. The molecule has 0 unspecified atom stereocenters. The minimum Gasteiger partial charge on any atom is -0.336 e. The predicted octanol–water partition coefficient (Wildman–Crippen LogP) is 5.10. The number of anilines is 3. The summed E-state index contributed by atoms with van der Waals surface area (Å²) in [6, 6.07) is 12.4. The van der Waals surface area contributed by atoms with Crippen LogP contribution in [0.4, 0.5) is 17.3 Å². The Kier molecular flexibility index (Phi) is 6.14. The first kappa shape index (κ1) is 22.9. The highest BCUT2D eigenvalue weighted by Gasteiger charge is 2.31. The zero-order valence-corrected chi connectivity index (χ0v) is 19.8. The highest BCUT2D eigenvalue weighted by Crippen LogP contribution is 2.35. The minimum absolute atomic E-state index is 0.148. The number of terminal acetylenes is 1. The van der Waals surface area contributed by atoms with E-state index in [1.807, 2.05) is 6.07 Å². The van der Waals surface area contributed by atoms with Crippen molar-refractivity contribution in [1.29, 1.82) is 0 Å².